The number of carbonyl (C=O) groups is 1. The lowest BCUT2D eigenvalue weighted by atomic mass is 9.83. The number of benzene rings is 1. The molecule has 4 heteroatoms. The van der Waals surface area contributed by atoms with E-state index in [0.29, 0.717) is 17.7 Å². The smallest absolute Gasteiger partial charge is 0.129 e. The molecule has 2 aliphatic rings. The first-order valence-electron chi connectivity index (χ1n) is 9.78. The van der Waals surface area contributed by atoms with E-state index in [1.54, 1.807) is 6.92 Å². The summed E-state index contributed by atoms with van der Waals surface area (Å²) >= 11 is 0. The number of hydrogen-bond donors (Lipinski definition) is 0. The lowest BCUT2D eigenvalue weighted by molar-refractivity contribution is -0.117. The predicted molar refractivity (Wildman–Crippen MR) is 98.9 cm³/mol. The van der Waals surface area contributed by atoms with Gasteiger partial charge in [-0.1, -0.05) is 0 Å². The van der Waals surface area contributed by atoms with Crippen molar-refractivity contribution in [2.75, 3.05) is 6.61 Å². The van der Waals surface area contributed by atoms with Crippen molar-refractivity contribution in [2.24, 2.45) is 11.8 Å². The number of hydrogen-bond acceptors (Lipinski definition) is 3. The molecule has 1 aromatic heterocycles. The Morgan fingerprint density at radius 3 is 2.64 bits per heavy atom. The van der Waals surface area contributed by atoms with Crippen LogP contribution in [-0.4, -0.2) is 22.2 Å². The molecule has 134 valence electrons. The van der Waals surface area contributed by atoms with Gasteiger partial charge >= 0.3 is 0 Å². The maximum Gasteiger partial charge on any atom is 0.129 e. The Bertz CT molecular complexity index is 739. The van der Waals surface area contributed by atoms with Crippen molar-refractivity contribution in [3.05, 3.63) is 24.4 Å². The van der Waals surface area contributed by atoms with Crippen molar-refractivity contribution >= 4 is 16.7 Å². The fourth-order valence-corrected chi connectivity index (χ4v) is 3.90. The lowest BCUT2D eigenvalue weighted by Gasteiger charge is -2.28. The molecule has 2 aliphatic carbocycles. The van der Waals surface area contributed by atoms with Crippen LogP contribution in [0, 0.1) is 11.8 Å². The molecule has 0 amide bonds. The molecule has 1 aromatic carbocycles. The van der Waals surface area contributed by atoms with Gasteiger partial charge in [-0.2, -0.15) is 5.10 Å². The van der Waals surface area contributed by atoms with Gasteiger partial charge in [0.1, 0.15) is 11.5 Å². The number of Topliss-reactive ketones (excluding diaryl/α,β-unsaturated/α-hetero) is 1. The number of rotatable bonds is 7. The van der Waals surface area contributed by atoms with Crippen LogP contribution < -0.4 is 4.74 Å². The van der Waals surface area contributed by atoms with Crippen molar-refractivity contribution in [2.45, 2.75) is 64.3 Å². The van der Waals surface area contributed by atoms with Gasteiger partial charge in [-0.25, -0.2) is 0 Å². The van der Waals surface area contributed by atoms with Crippen LogP contribution in [0.15, 0.2) is 24.4 Å². The van der Waals surface area contributed by atoms with Crippen LogP contribution >= 0.6 is 0 Å². The Kier molecular flexibility index (Phi) is 4.78. The molecule has 25 heavy (non-hydrogen) atoms. The average Bonchev–Trinajstić information content (AvgIpc) is 3.35. The molecule has 0 saturated heterocycles. The molecular formula is C21H28N2O2. The Balaban J connectivity index is 1.37. The van der Waals surface area contributed by atoms with E-state index in [4.69, 9.17) is 9.84 Å². The molecule has 4 rings (SSSR count). The van der Waals surface area contributed by atoms with Gasteiger partial charge in [0.15, 0.2) is 0 Å². The second kappa shape index (κ2) is 7.19. The number of ether oxygens (including phenoxy) is 1. The van der Waals surface area contributed by atoms with Gasteiger partial charge in [-0.15, -0.1) is 0 Å². The maximum absolute atomic E-state index is 11.2. The highest BCUT2D eigenvalue weighted by Gasteiger charge is 2.24. The third-order valence-electron chi connectivity index (χ3n) is 5.77. The molecule has 1 heterocycles. The topological polar surface area (TPSA) is 44.1 Å². The van der Waals surface area contributed by atoms with Crippen molar-refractivity contribution in [1.29, 1.82) is 0 Å². The van der Waals surface area contributed by atoms with Gasteiger partial charge in [-0.05, 0) is 75.8 Å². The van der Waals surface area contributed by atoms with Gasteiger partial charge in [0.25, 0.3) is 0 Å². The molecule has 2 saturated carbocycles. The second-order valence-corrected chi connectivity index (χ2v) is 8.00. The monoisotopic (exact) mass is 340 g/mol. The first-order valence-corrected chi connectivity index (χ1v) is 9.78. The first-order chi connectivity index (χ1) is 12.2. The summed E-state index contributed by atoms with van der Waals surface area (Å²) in [6, 6.07) is 6.76. The summed E-state index contributed by atoms with van der Waals surface area (Å²) in [5, 5.41) is 6.01. The van der Waals surface area contributed by atoms with Crippen molar-refractivity contribution in [1.82, 2.24) is 9.78 Å². The van der Waals surface area contributed by atoms with Crippen LogP contribution in [0.3, 0.4) is 0 Å². The van der Waals surface area contributed by atoms with E-state index in [0.717, 1.165) is 36.6 Å². The summed E-state index contributed by atoms with van der Waals surface area (Å²) < 4.78 is 8.04. The number of nitrogens with zero attached hydrogens (tertiary/aromatic N) is 2. The quantitative estimate of drug-likeness (QED) is 0.718. The minimum atomic E-state index is 0.320. The summed E-state index contributed by atoms with van der Waals surface area (Å²) in [7, 11) is 0. The summed E-state index contributed by atoms with van der Waals surface area (Å²) in [5.41, 5.74) is 1.03. The van der Waals surface area contributed by atoms with Crippen molar-refractivity contribution < 1.29 is 9.53 Å². The number of aromatic nitrogens is 2. The number of fused-ring (bicyclic) bond motifs is 1. The molecule has 0 N–H and O–H groups in total. The molecule has 2 fully saturated rings. The minimum Gasteiger partial charge on any atom is -0.493 e. The van der Waals surface area contributed by atoms with E-state index in [1.165, 1.54) is 43.9 Å². The van der Waals surface area contributed by atoms with E-state index in [2.05, 4.69) is 29.1 Å². The molecule has 0 atom stereocenters. The maximum atomic E-state index is 11.2. The summed E-state index contributed by atoms with van der Waals surface area (Å²) in [4.78, 5) is 11.2. The van der Waals surface area contributed by atoms with E-state index in [-0.39, 0.29) is 0 Å². The molecule has 2 aromatic rings. The predicted octanol–water partition coefficient (Wildman–Crippen LogP) is 4.93. The second-order valence-electron chi connectivity index (χ2n) is 8.00. The van der Waals surface area contributed by atoms with Crippen LogP contribution in [0.5, 0.6) is 5.75 Å². The third kappa shape index (κ3) is 4.23. The normalized spacial score (nSPS) is 23.7. The molecule has 0 spiro atoms. The Morgan fingerprint density at radius 1 is 1.16 bits per heavy atom. The number of ketones is 1. The van der Waals surface area contributed by atoms with E-state index < -0.39 is 0 Å². The molecule has 0 bridgehead atoms. The Hall–Kier alpha value is -1.84. The molecule has 4 nitrogen and oxygen atoms in total. The minimum absolute atomic E-state index is 0.320. The standard InChI is InChI=1S/C21H28N2O2/c1-15(24)2-3-16-6-9-19(10-7-16)23-13-18-8-11-20(12-21(18)22-23)25-14-17-4-5-17/h8,11-13,16-17,19H,2-7,9-10,14H2,1H3/t16-,19-. The molecule has 0 aliphatic heterocycles. The largest absolute Gasteiger partial charge is 0.493 e. The van der Waals surface area contributed by atoms with Crippen LogP contribution in [0.2, 0.25) is 0 Å². The molecular weight excluding hydrogens is 312 g/mol. The Labute approximate surface area is 149 Å². The van der Waals surface area contributed by atoms with Crippen LogP contribution in [0.4, 0.5) is 0 Å². The first kappa shape index (κ1) is 16.6. The SMILES string of the molecule is CC(=O)CC[C@H]1CC[C@H](n2cc3ccc(OCC4CC4)cc3n2)CC1. The van der Waals surface area contributed by atoms with E-state index >= 15 is 0 Å². The van der Waals surface area contributed by atoms with Gasteiger partial charge in [-0.3, -0.25) is 4.68 Å². The fraction of sp³-hybridized carbons (Fsp3) is 0.619. The van der Waals surface area contributed by atoms with Crippen LogP contribution in [0.1, 0.15) is 64.3 Å². The molecule has 0 unspecified atom stereocenters. The molecule has 0 radical (unpaired) electrons. The summed E-state index contributed by atoms with van der Waals surface area (Å²) in [5.74, 6) is 2.75. The zero-order valence-corrected chi connectivity index (χ0v) is 15.1. The van der Waals surface area contributed by atoms with Crippen LogP contribution in [-0.2, 0) is 4.79 Å². The average molecular weight is 340 g/mol. The highest BCUT2D eigenvalue weighted by Crippen LogP contribution is 2.35. The van der Waals surface area contributed by atoms with Gasteiger partial charge < -0.3 is 9.53 Å². The van der Waals surface area contributed by atoms with Gasteiger partial charge in [0, 0.05) is 24.1 Å². The summed E-state index contributed by atoms with van der Waals surface area (Å²) in [6.45, 7) is 2.54. The highest BCUT2D eigenvalue weighted by atomic mass is 16.5. The van der Waals surface area contributed by atoms with Crippen LogP contribution in [0.25, 0.3) is 10.9 Å². The lowest BCUT2D eigenvalue weighted by Crippen LogP contribution is -2.19. The van der Waals surface area contributed by atoms with Gasteiger partial charge in [0.2, 0.25) is 0 Å². The van der Waals surface area contributed by atoms with Crippen molar-refractivity contribution in [3.8, 4) is 5.75 Å². The third-order valence-corrected chi connectivity index (χ3v) is 5.77. The van der Waals surface area contributed by atoms with Gasteiger partial charge in [0.05, 0.1) is 18.2 Å². The van der Waals surface area contributed by atoms with E-state index in [9.17, 15) is 4.79 Å². The zero-order valence-electron chi connectivity index (χ0n) is 15.1. The Morgan fingerprint density at radius 2 is 1.92 bits per heavy atom. The zero-order chi connectivity index (χ0) is 17.2. The number of carbonyl (C=O) groups excluding carboxylic acids is 1. The van der Waals surface area contributed by atoms with Crippen molar-refractivity contribution in [3.63, 3.8) is 0 Å². The highest BCUT2D eigenvalue weighted by molar-refractivity contribution is 5.79. The fourth-order valence-electron chi connectivity index (χ4n) is 3.90. The summed E-state index contributed by atoms with van der Waals surface area (Å²) in [6.07, 6.45) is 11.4. The van der Waals surface area contributed by atoms with E-state index in [1.807, 2.05) is 0 Å².